The molecule has 0 atom stereocenters. The average Bonchev–Trinajstić information content (AvgIpc) is 2.96. The van der Waals surface area contributed by atoms with Crippen LogP contribution in [0.25, 0.3) is 0 Å². The molecule has 8 heteroatoms. The molecule has 2 amide bonds. The quantitative estimate of drug-likeness (QED) is 0.812. The Morgan fingerprint density at radius 3 is 2.46 bits per heavy atom. The largest absolute Gasteiger partial charge is 0.338 e. The van der Waals surface area contributed by atoms with E-state index in [0.29, 0.717) is 13.1 Å². The molecule has 0 aliphatic rings. The summed E-state index contributed by atoms with van der Waals surface area (Å²) in [5.74, 6) is 1.68. The molecule has 0 spiro atoms. The van der Waals surface area contributed by atoms with Gasteiger partial charge in [0.1, 0.15) is 11.6 Å². The molecule has 0 saturated carbocycles. The molecule has 2 heterocycles. The summed E-state index contributed by atoms with van der Waals surface area (Å²) in [7, 11) is 3.71. The molecule has 0 aliphatic heterocycles. The first-order valence-corrected chi connectivity index (χ1v) is 8.15. The molecule has 2 aromatic heterocycles. The second kappa shape index (κ2) is 7.46. The normalized spacial score (nSPS) is 10.9. The van der Waals surface area contributed by atoms with E-state index in [0.717, 1.165) is 41.6 Å². The van der Waals surface area contributed by atoms with Gasteiger partial charge in [0.15, 0.2) is 0 Å². The third kappa shape index (κ3) is 4.12. The van der Waals surface area contributed by atoms with Crippen molar-refractivity contribution in [2.75, 3.05) is 13.6 Å². The molecule has 0 aliphatic carbocycles. The van der Waals surface area contributed by atoms with E-state index in [9.17, 15) is 4.79 Å². The van der Waals surface area contributed by atoms with Crippen LogP contribution in [0.1, 0.15) is 35.0 Å². The Hall–Kier alpha value is -2.38. The number of amides is 2. The molecule has 0 radical (unpaired) electrons. The number of hydrogen-bond acceptors (Lipinski definition) is 4. The highest BCUT2D eigenvalue weighted by atomic mass is 16.2. The number of nitrogens with one attached hydrogen (secondary N) is 1. The summed E-state index contributed by atoms with van der Waals surface area (Å²) in [6.07, 6.45) is 0.814. The fourth-order valence-electron chi connectivity index (χ4n) is 2.69. The van der Waals surface area contributed by atoms with Gasteiger partial charge in [0.25, 0.3) is 0 Å². The summed E-state index contributed by atoms with van der Waals surface area (Å²) in [5.41, 5.74) is 3.15. The summed E-state index contributed by atoms with van der Waals surface area (Å²) in [5, 5.41) is 11.6. The van der Waals surface area contributed by atoms with E-state index in [-0.39, 0.29) is 6.03 Å². The van der Waals surface area contributed by atoms with Crippen LogP contribution in [-0.2, 0) is 20.1 Å². The predicted octanol–water partition coefficient (Wildman–Crippen LogP) is 1.48. The van der Waals surface area contributed by atoms with Gasteiger partial charge in [-0.3, -0.25) is 9.36 Å². The first-order valence-electron chi connectivity index (χ1n) is 8.15. The lowest BCUT2D eigenvalue weighted by atomic mass is 10.2. The van der Waals surface area contributed by atoms with Crippen molar-refractivity contribution in [2.45, 2.75) is 47.2 Å². The highest BCUT2D eigenvalue weighted by molar-refractivity contribution is 5.73. The van der Waals surface area contributed by atoms with Crippen molar-refractivity contribution in [3.63, 3.8) is 0 Å². The minimum Gasteiger partial charge on any atom is -0.338 e. The molecule has 0 fully saturated rings. The second-order valence-electron chi connectivity index (χ2n) is 6.14. The molecular weight excluding hydrogens is 306 g/mol. The number of hydrogen-bond donors (Lipinski definition) is 1. The summed E-state index contributed by atoms with van der Waals surface area (Å²) >= 11 is 0. The van der Waals surface area contributed by atoms with Crippen LogP contribution < -0.4 is 5.32 Å². The van der Waals surface area contributed by atoms with E-state index in [1.165, 1.54) is 0 Å². The summed E-state index contributed by atoms with van der Waals surface area (Å²) in [6, 6.07) is -0.0795. The fourth-order valence-corrected chi connectivity index (χ4v) is 2.69. The number of aromatic nitrogens is 5. The van der Waals surface area contributed by atoms with Gasteiger partial charge in [-0.05, 0) is 34.1 Å². The van der Waals surface area contributed by atoms with Gasteiger partial charge in [0.05, 0.1) is 12.2 Å². The van der Waals surface area contributed by atoms with Gasteiger partial charge >= 0.3 is 6.03 Å². The molecule has 0 unspecified atom stereocenters. The summed E-state index contributed by atoms with van der Waals surface area (Å²) in [4.78, 5) is 18.2. The minimum atomic E-state index is -0.0795. The molecule has 1 N–H and O–H groups in total. The molecular formula is C16H27N7O. The van der Waals surface area contributed by atoms with Crippen molar-refractivity contribution in [2.24, 2.45) is 7.05 Å². The molecule has 0 aromatic carbocycles. The Bertz CT molecular complexity index is 716. The van der Waals surface area contributed by atoms with Crippen LogP contribution in [0.4, 0.5) is 4.79 Å². The van der Waals surface area contributed by atoms with Crippen LogP contribution in [-0.4, -0.2) is 49.1 Å². The van der Waals surface area contributed by atoms with Gasteiger partial charge in [-0.1, -0.05) is 0 Å². The monoisotopic (exact) mass is 333 g/mol. The van der Waals surface area contributed by atoms with Crippen molar-refractivity contribution in [1.82, 2.24) is 34.8 Å². The number of nitrogens with zero attached hydrogens (tertiary/aromatic N) is 6. The maximum absolute atomic E-state index is 12.2. The zero-order valence-corrected chi connectivity index (χ0v) is 15.4. The number of urea groups is 1. The van der Waals surface area contributed by atoms with Gasteiger partial charge in [0.2, 0.25) is 0 Å². The highest BCUT2D eigenvalue weighted by Gasteiger charge is 2.15. The van der Waals surface area contributed by atoms with E-state index in [4.69, 9.17) is 0 Å². The minimum absolute atomic E-state index is 0.0795. The predicted molar refractivity (Wildman–Crippen MR) is 91.7 cm³/mol. The first kappa shape index (κ1) is 18.0. The van der Waals surface area contributed by atoms with Crippen molar-refractivity contribution in [1.29, 1.82) is 0 Å². The van der Waals surface area contributed by atoms with Gasteiger partial charge in [-0.2, -0.15) is 10.2 Å². The van der Waals surface area contributed by atoms with Gasteiger partial charge < -0.3 is 10.2 Å². The molecule has 2 rings (SSSR count). The zero-order chi connectivity index (χ0) is 17.9. The van der Waals surface area contributed by atoms with Crippen molar-refractivity contribution in [3.8, 4) is 0 Å². The second-order valence-corrected chi connectivity index (χ2v) is 6.14. The van der Waals surface area contributed by atoms with Crippen molar-refractivity contribution in [3.05, 3.63) is 28.6 Å². The highest BCUT2D eigenvalue weighted by Crippen LogP contribution is 2.13. The Balaban J connectivity index is 1.78. The Labute approximate surface area is 142 Å². The number of rotatable bonds is 6. The lowest BCUT2D eigenvalue weighted by molar-refractivity contribution is 0.206. The van der Waals surface area contributed by atoms with Crippen LogP contribution in [0.5, 0.6) is 0 Å². The van der Waals surface area contributed by atoms with Gasteiger partial charge in [-0.25, -0.2) is 9.78 Å². The van der Waals surface area contributed by atoms with Crippen LogP contribution in [0.2, 0.25) is 0 Å². The van der Waals surface area contributed by atoms with Crippen LogP contribution in [0.3, 0.4) is 0 Å². The van der Waals surface area contributed by atoms with E-state index < -0.39 is 0 Å². The Morgan fingerprint density at radius 1 is 1.21 bits per heavy atom. The topological polar surface area (TPSA) is 80.9 Å². The van der Waals surface area contributed by atoms with E-state index >= 15 is 0 Å². The number of carbonyl (C=O) groups is 1. The first-order chi connectivity index (χ1) is 11.3. The standard InChI is InChI=1S/C16H27N7O/c1-11-15(12(2)22(6)19-11)10-21(5)16(24)17-8-7-9-23-14(4)18-13(3)20-23/h7-10H2,1-6H3,(H,17,24). The zero-order valence-electron chi connectivity index (χ0n) is 15.4. The van der Waals surface area contributed by atoms with Crippen molar-refractivity contribution >= 4 is 6.03 Å². The van der Waals surface area contributed by atoms with Crippen LogP contribution in [0.15, 0.2) is 0 Å². The number of aryl methyl sites for hydroxylation is 5. The summed E-state index contributed by atoms with van der Waals surface area (Å²) < 4.78 is 3.71. The molecule has 0 bridgehead atoms. The lowest BCUT2D eigenvalue weighted by Crippen LogP contribution is -2.37. The average molecular weight is 333 g/mol. The molecule has 8 nitrogen and oxygen atoms in total. The third-order valence-electron chi connectivity index (χ3n) is 4.19. The van der Waals surface area contributed by atoms with Crippen LogP contribution >= 0.6 is 0 Å². The maximum Gasteiger partial charge on any atom is 0.317 e. The van der Waals surface area contributed by atoms with E-state index in [1.54, 1.807) is 11.9 Å². The smallest absolute Gasteiger partial charge is 0.317 e. The lowest BCUT2D eigenvalue weighted by Gasteiger charge is -2.18. The van der Waals surface area contributed by atoms with Crippen LogP contribution in [0, 0.1) is 27.7 Å². The Kier molecular flexibility index (Phi) is 5.58. The van der Waals surface area contributed by atoms with Gasteiger partial charge in [-0.15, -0.1) is 0 Å². The third-order valence-corrected chi connectivity index (χ3v) is 4.19. The SMILES string of the molecule is Cc1nc(C)n(CCCNC(=O)N(C)Cc2c(C)nn(C)c2C)n1. The molecule has 132 valence electrons. The summed E-state index contributed by atoms with van der Waals surface area (Å²) in [6.45, 7) is 9.70. The molecule has 24 heavy (non-hydrogen) atoms. The van der Waals surface area contributed by atoms with E-state index in [1.807, 2.05) is 44.1 Å². The van der Waals surface area contributed by atoms with Gasteiger partial charge in [0, 0.05) is 38.4 Å². The molecule has 0 saturated heterocycles. The molecule has 2 aromatic rings. The van der Waals surface area contributed by atoms with Crippen molar-refractivity contribution < 1.29 is 4.79 Å². The Morgan fingerprint density at radius 2 is 1.92 bits per heavy atom. The maximum atomic E-state index is 12.2. The number of carbonyl (C=O) groups excluding carboxylic acids is 1. The van der Waals surface area contributed by atoms with E-state index in [2.05, 4.69) is 20.5 Å². The fraction of sp³-hybridized carbons (Fsp3) is 0.625.